The van der Waals surface area contributed by atoms with Crippen molar-refractivity contribution >= 4 is 6.47 Å². The molecule has 2 fully saturated rings. The van der Waals surface area contributed by atoms with Gasteiger partial charge in [-0.25, -0.2) is 0 Å². The number of unbranched alkanes of at least 4 members (excludes halogenated alkanes) is 3. The fourth-order valence-electron chi connectivity index (χ4n) is 3.66. The van der Waals surface area contributed by atoms with E-state index in [1.807, 2.05) is 0 Å². The average Bonchev–Trinajstić information content (AvgIpc) is 3.50. The van der Waals surface area contributed by atoms with E-state index in [9.17, 15) is 4.79 Å². The molecule has 0 aliphatic heterocycles. The Kier molecular flexibility index (Phi) is 6.34. The lowest BCUT2D eigenvalue weighted by Crippen LogP contribution is -2.12. The van der Waals surface area contributed by atoms with Crippen LogP contribution < -0.4 is 0 Å². The molecule has 0 aromatic heterocycles. The summed E-state index contributed by atoms with van der Waals surface area (Å²) in [5.41, 5.74) is 2.85. The van der Waals surface area contributed by atoms with Crippen molar-refractivity contribution in [2.45, 2.75) is 89.1 Å². The first kappa shape index (κ1) is 17.5. The lowest BCUT2D eigenvalue weighted by molar-refractivity contribution is -0.135. The summed E-state index contributed by atoms with van der Waals surface area (Å²) in [6.45, 7) is 0.623. The monoisotopic (exact) mass is 328 g/mol. The number of ether oxygens (including phenoxy) is 1. The molecule has 2 nitrogen and oxygen atoms in total. The molecule has 0 amide bonds. The van der Waals surface area contributed by atoms with Crippen molar-refractivity contribution in [2.75, 3.05) is 0 Å². The van der Waals surface area contributed by atoms with Crippen LogP contribution in [0, 0.1) is 5.92 Å². The summed E-state index contributed by atoms with van der Waals surface area (Å²) in [5.74, 6) is 1.09. The third kappa shape index (κ3) is 5.96. The van der Waals surface area contributed by atoms with Crippen molar-refractivity contribution in [2.24, 2.45) is 5.92 Å². The Morgan fingerprint density at radius 1 is 0.917 bits per heavy atom. The Balaban J connectivity index is 1.26. The molecule has 24 heavy (non-hydrogen) atoms. The molecule has 0 heterocycles. The molecule has 0 radical (unpaired) electrons. The van der Waals surface area contributed by atoms with E-state index in [0.29, 0.717) is 6.47 Å². The van der Waals surface area contributed by atoms with Gasteiger partial charge in [0.1, 0.15) is 5.60 Å². The van der Waals surface area contributed by atoms with Gasteiger partial charge < -0.3 is 4.74 Å². The smallest absolute Gasteiger partial charge is 0.293 e. The van der Waals surface area contributed by atoms with Crippen LogP contribution in [0.3, 0.4) is 0 Å². The van der Waals surface area contributed by atoms with E-state index in [0.717, 1.165) is 38.0 Å². The number of aryl methyl sites for hydroxylation is 2. The van der Waals surface area contributed by atoms with Crippen LogP contribution in [0.2, 0.25) is 0 Å². The number of carbonyl (C=O) groups excluding carboxylic acids is 1. The van der Waals surface area contributed by atoms with Gasteiger partial charge in [0.2, 0.25) is 0 Å². The maximum atomic E-state index is 10.5. The second-order valence-corrected chi connectivity index (χ2v) is 7.96. The molecule has 2 aliphatic carbocycles. The van der Waals surface area contributed by atoms with E-state index >= 15 is 0 Å². The van der Waals surface area contributed by atoms with E-state index in [-0.39, 0.29) is 5.60 Å². The zero-order valence-electron chi connectivity index (χ0n) is 15.0. The predicted molar refractivity (Wildman–Crippen MR) is 98.0 cm³/mol. The molecule has 0 unspecified atom stereocenters. The Hall–Kier alpha value is -1.31. The van der Waals surface area contributed by atoms with Crippen molar-refractivity contribution in [1.82, 2.24) is 0 Å². The zero-order chi connectivity index (χ0) is 16.7. The summed E-state index contributed by atoms with van der Waals surface area (Å²) in [6.07, 6.45) is 16.5. The van der Waals surface area contributed by atoms with Crippen LogP contribution in [0.1, 0.15) is 81.8 Å². The SMILES string of the molecule is O=COC1(CCCCc2ccc(CCCCCC3CC3)cc2)CC1. The number of benzene rings is 1. The summed E-state index contributed by atoms with van der Waals surface area (Å²) in [4.78, 5) is 10.5. The lowest BCUT2D eigenvalue weighted by Gasteiger charge is -2.12. The van der Waals surface area contributed by atoms with Crippen LogP contribution in [0.4, 0.5) is 0 Å². The van der Waals surface area contributed by atoms with Crippen LogP contribution in [0.25, 0.3) is 0 Å². The first-order valence-corrected chi connectivity index (χ1v) is 9.99. The first-order chi connectivity index (χ1) is 11.8. The Morgan fingerprint density at radius 3 is 2.08 bits per heavy atom. The van der Waals surface area contributed by atoms with Gasteiger partial charge in [0, 0.05) is 0 Å². The minimum Gasteiger partial charge on any atom is -0.461 e. The molecule has 1 aromatic rings. The molecule has 1 aromatic carbocycles. The van der Waals surface area contributed by atoms with Gasteiger partial charge in [-0.3, -0.25) is 4.79 Å². The topological polar surface area (TPSA) is 26.3 Å². The predicted octanol–water partition coefficient (Wildman–Crippen LogP) is 5.62. The molecular weight excluding hydrogens is 296 g/mol. The van der Waals surface area contributed by atoms with Crippen LogP contribution in [0.15, 0.2) is 24.3 Å². The van der Waals surface area contributed by atoms with Gasteiger partial charge in [0.05, 0.1) is 0 Å². The highest BCUT2D eigenvalue weighted by atomic mass is 16.5. The van der Waals surface area contributed by atoms with Crippen LogP contribution in [-0.2, 0) is 22.4 Å². The molecule has 0 atom stereocenters. The van der Waals surface area contributed by atoms with Gasteiger partial charge >= 0.3 is 0 Å². The highest BCUT2D eigenvalue weighted by molar-refractivity contribution is 5.39. The normalized spacial score (nSPS) is 18.3. The Labute approximate surface area is 147 Å². The van der Waals surface area contributed by atoms with Crippen molar-refractivity contribution in [3.05, 3.63) is 35.4 Å². The lowest BCUT2D eigenvalue weighted by atomic mass is 10.0. The first-order valence-electron chi connectivity index (χ1n) is 9.99. The van der Waals surface area contributed by atoms with Crippen LogP contribution in [0.5, 0.6) is 0 Å². The molecule has 0 saturated heterocycles. The Morgan fingerprint density at radius 2 is 1.54 bits per heavy atom. The molecule has 132 valence electrons. The minimum absolute atomic E-state index is 0.0783. The number of hydrogen-bond acceptors (Lipinski definition) is 2. The highest BCUT2D eigenvalue weighted by Crippen LogP contribution is 2.43. The van der Waals surface area contributed by atoms with E-state index in [1.54, 1.807) is 0 Å². The quantitative estimate of drug-likeness (QED) is 0.347. The number of rotatable bonds is 13. The van der Waals surface area contributed by atoms with Gasteiger partial charge in [-0.05, 0) is 68.4 Å². The summed E-state index contributed by atoms with van der Waals surface area (Å²) < 4.78 is 5.20. The molecule has 2 heteroatoms. The van der Waals surface area contributed by atoms with Crippen molar-refractivity contribution < 1.29 is 9.53 Å². The summed E-state index contributed by atoms with van der Waals surface area (Å²) in [5, 5.41) is 0. The van der Waals surface area contributed by atoms with Gasteiger partial charge in [0.15, 0.2) is 0 Å². The molecular formula is C22H32O2. The van der Waals surface area contributed by atoms with Crippen LogP contribution in [-0.4, -0.2) is 12.1 Å². The molecule has 2 saturated carbocycles. The molecule has 3 rings (SSSR count). The number of carbonyl (C=O) groups is 1. The zero-order valence-corrected chi connectivity index (χ0v) is 15.0. The summed E-state index contributed by atoms with van der Waals surface area (Å²) >= 11 is 0. The molecule has 0 bridgehead atoms. The summed E-state index contributed by atoms with van der Waals surface area (Å²) in [7, 11) is 0. The fraction of sp³-hybridized carbons (Fsp3) is 0.682. The standard InChI is InChI=1S/C22H32O2/c23-18-24-22(16-17-22)15-5-4-8-21-13-11-20(12-14-21)7-3-1-2-6-19-9-10-19/h11-14,18-19H,1-10,15-17H2. The van der Waals surface area contributed by atoms with Crippen molar-refractivity contribution in [1.29, 1.82) is 0 Å². The molecule has 2 aliphatic rings. The summed E-state index contributed by atoms with van der Waals surface area (Å²) in [6, 6.07) is 9.23. The van der Waals surface area contributed by atoms with Gasteiger partial charge in [-0.2, -0.15) is 0 Å². The highest BCUT2D eigenvalue weighted by Gasteiger charge is 2.44. The van der Waals surface area contributed by atoms with Crippen molar-refractivity contribution in [3.63, 3.8) is 0 Å². The minimum atomic E-state index is -0.0783. The van der Waals surface area contributed by atoms with Gasteiger partial charge in [-0.15, -0.1) is 0 Å². The van der Waals surface area contributed by atoms with E-state index < -0.39 is 0 Å². The largest absolute Gasteiger partial charge is 0.461 e. The molecule has 0 N–H and O–H groups in total. The fourth-order valence-corrected chi connectivity index (χ4v) is 3.66. The van der Waals surface area contributed by atoms with Crippen molar-refractivity contribution in [3.8, 4) is 0 Å². The molecule has 0 spiro atoms. The second kappa shape index (κ2) is 8.69. The van der Waals surface area contributed by atoms with Crippen LogP contribution >= 0.6 is 0 Å². The van der Waals surface area contributed by atoms with E-state index in [2.05, 4.69) is 24.3 Å². The van der Waals surface area contributed by atoms with E-state index in [1.165, 1.54) is 62.5 Å². The Bertz CT molecular complexity index is 497. The third-order valence-corrected chi connectivity index (χ3v) is 5.75. The van der Waals surface area contributed by atoms with Gasteiger partial charge in [-0.1, -0.05) is 56.4 Å². The third-order valence-electron chi connectivity index (χ3n) is 5.75. The maximum absolute atomic E-state index is 10.5. The maximum Gasteiger partial charge on any atom is 0.293 e. The average molecular weight is 328 g/mol. The van der Waals surface area contributed by atoms with E-state index in [4.69, 9.17) is 4.74 Å². The van der Waals surface area contributed by atoms with Gasteiger partial charge in [0.25, 0.3) is 6.47 Å². The number of hydrogen-bond donors (Lipinski definition) is 0. The second-order valence-electron chi connectivity index (χ2n) is 7.96.